The van der Waals surface area contributed by atoms with Gasteiger partial charge in [-0.05, 0) is 44.6 Å². The standard InChI is InChI=1S/C16H27N3O/c1-14-13-18(2)9-10-19(14)11-12-20-16-5-3-15(4-6-16)7-8-17/h3-6,14H,7-13,17H2,1-2H3. The van der Waals surface area contributed by atoms with Crippen molar-refractivity contribution >= 4 is 0 Å². The van der Waals surface area contributed by atoms with Crippen molar-refractivity contribution in [2.75, 3.05) is 46.4 Å². The molecule has 1 aromatic carbocycles. The molecule has 1 aliphatic heterocycles. The van der Waals surface area contributed by atoms with Crippen LogP contribution in [0.2, 0.25) is 0 Å². The molecule has 1 fully saturated rings. The quantitative estimate of drug-likeness (QED) is 0.848. The maximum atomic E-state index is 5.83. The average Bonchev–Trinajstić information content (AvgIpc) is 2.43. The van der Waals surface area contributed by atoms with E-state index < -0.39 is 0 Å². The highest BCUT2D eigenvalue weighted by molar-refractivity contribution is 5.27. The van der Waals surface area contributed by atoms with E-state index in [-0.39, 0.29) is 0 Å². The fraction of sp³-hybridized carbons (Fsp3) is 0.625. The Balaban J connectivity index is 1.72. The minimum Gasteiger partial charge on any atom is -0.492 e. The molecule has 1 aliphatic rings. The third kappa shape index (κ3) is 4.47. The smallest absolute Gasteiger partial charge is 0.119 e. The fourth-order valence-electron chi connectivity index (χ4n) is 2.71. The van der Waals surface area contributed by atoms with E-state index in [0.29, 0.717) is 12.6 Å². The van der Waals surface area contributed by atoms with Crippen LogP contribution in [0.3, 0.4) is 0 Å². The Morgan fingerprint density at radius 3 is 2.65 bits per heavy atom. The summed E-state index contributed by atoms with van der Waals surface area (Å²) in [5.41, 5.74) is 6.81. The van der Waals surface area contributed by atoms with E-state index in [0.717, 1.165) is 45.0 Å². The first-order valence-corrected chi connectivity index (χ1v) is 7.53. The second kappa shape index (κ2) is 7.62. The Labute approximate surface area is 122 Å². The SMILES string of the molecule is CC1CN(C)CCN1CCOc1ccc(CCN)cc1. The van der Waals surface area contributed by atoms with Gasteiger partial charge in [-0.1, -0.05) is 12.1 Å². The van der Waals surface area contributed by atoms with Crippen molar-refractivity contribution in [2.45, 2.75) is 19.4 Å². The summed E-state index contributed by atoms with van der Waals surface area (Å²) >= 11 is 0. The van der Waals surface area contributed by atoms with Crippen molar-refractivity contribution in [3.63, 3.8) is 0 Å². The first-order chi connectivity index (χ1) is 9.69. The van der Waals surface area contributed by atoms with Crippen LogP contribution >= 0.6 is 0 Å². The molecule has 1 heterocycles. The van der Waals surface area contributed by atoms with Crippen LogP contribution in [0.15, 0.2) is 24.3 Å². The van der Waals surface area contributed by atoms with Crippen molar-refractivity contribution < 1.29 is 4.74 Å². The molecule has 20 heavy (non-hydrogen) atoms. The molecule has 0 spiro atoms. The molecule has 1 saturated heterocycles. The van der Waals surface area contributed by atoms with Gasteiger partial charge in [0.15, 0.2) is 0 Å². The van der Waals surface area contributed by atoms with Crippen LogP contribution in [0.5, 0.6) is 5.75 Å². The lowest BCUT2D eigenvalue weighted by molar-refractivity contribution is 0.0858. The van der Waals surface area contributed by atoms with Gasteiger partial charge in [0.25, 0.3) is 0 Å². The fourth-order valence-corrected chi connectivity index (χ4v) is 2.71. The van der Waals surface area contributed by atoms with E-state index in [4.69, 9.17) is 10.5 Å². The van der Waals surface area contributed by atoms with Crippen molar-refractivity contribution in [1.82, 2.24) is 9.80 Å². The van der Waals surface area contributed by atoms with Gasteiger partial charge in [-0.15, -0.1) is 0 Å². The summed E-state index contributed by atoms with van der Waals surface area (Å²) in [7, 11) is 2.19. The van der Waals surface area contributed by atoms with E-state index >= 15 is 0 Å². The lowest BCUT2D eigenvalue weighted by atomic mass is 10.1. The second-order valence-corrected chi connectivity index (χ2v) is 5.68. The van der Waals surface area contributed by atoms with Gasteiger partial charge < -0.3 is 15.4 Å². The number of rotatable bonds is 6. The molecule has 0 radical (unpaired) electrons. The predicted octanol–water partition coefficient (Wildman–Crippen LogP) is 1.20. The van der Waals surface area contributed by atoms with Crippen LogP contribution in [0.4, 0.5) is 0 Å². The Morgan fingerprint density at radius 2 is 2.00 bits per heavy atom. The minimum absolute atomic E-state index is 0.615. The Bertz CT molecular complexity index is 393. The molecule has 0 aromatic heterocycles. The molecule has 1 atom stereocenters. The molecule has 112 valence electrons. The van der Waals surface area contributed by atoms with Gasteiger partial charge in [0.05, 0.1) is 0 Å². The molecule has 0 aliphatic carbocycles. The average molecular weight is 277 g/mol. The molecular formula is C16H27N3O. The van der Waals surface area contributed by atoms with Crippen molar-refractivity contribution in [3.8, 4) is 5.75 Å². The van der Waals surface area contributed by atoms with Gasteiger partial charge in [-0.2, -0.15) is 0 Å². The van der Waals surface area contributed by atoms with E-state index in [9.17, 15) is 0 Å². The number of ether oxygens (including phenoxy) is 1. The van der Waals surface area contributed by atoms with Crippen LogP contribution in [0, 0.1) is 0 Å². The van der Waals surface area contributed by atoms with Gasteiger partial charge in [0, 0.05) is 32.2 Å². The normalized spacial score (nSPS) is 21.1. The second-order valence-electron chi connectivity index (χ2n) is 5.68. The van der Waals surface area contributed by atoms with Crippen LogP contribution < -0.4 is 10.5 Å². The van der Waals surface area contributed by atoms with Crippen LogP contribution in [0.25, 0.3) is 0 Å². The molecule has 0 saturated carbocycles. The molecule has 2 rings (SSSR count). The molecule has 2 N–H and O–H groups in total. The number of hydrogen-bond acceptors (Lipinski definition) is 4. The lowest BCUT2D eigenvalue weighted by Gasteiger charge is -2.38. The third-order valence-corrected chi connectivity index (χ3v) is 3.97. The predicted molar refractivity (Wildman–Crippen MR) is 83.2 cm³/mol. The van der Waals surface area contributed by atoms with Gasteiger partial charge in [-0.3, -0.25) is 4.90 Å². The molecule has 4 heteroatoms. The van der Waals surface area contributed by atoms with E-state index in [1.807, 2.05) is 12.1 Å². The van der Waals surface area contributed by atoms with Crippen molar-refractivity contribution in [1.29, 1.82) is 0 Å². The Morgan fingerprint density at radius 1 is 1.25 bits per heavy atom. The van der Waals surface area contributed by atoms with Gasteiger partial charge in [0.2, 0.25) is 0 Å². The van der Waals surface area contributed by atoms with Gasteiger partial charge >= 0.3 is 0 Å². The van der Waals surface area contributed by atoms with Crippen molar-refractivity contribution in [3.05, 3.63) is 29.8 Å². The summed E-state index contributed by atoms with van der Waals surface area (Å²) in [4.78, 5) is 4.89. The molecule has 4 nitrogen and oxygen atoms in total. The summed E-state index contributed by atoms with van der Waals surface area (Å²) in [5.74, 6) is 0.951. The Kier molecular flexibility index (Phi) is 5.83. The largest absolute Gasteiger partial charge is 0.492 e. The summed E-state index contributed by atoms with van der Waals surface area (Å²) < 4.78 is 5.83. The monoisotopic (exact) mass is 277 g/mol. The number of nitrogens with two attached hydrogens (primary N) is 1. The zero-order valence-electron chi connectivity index (χ0n) is 12.7. The van der Waals surface area contributed by atoms with Crippen molar-refractivity contribution in [2.24, 2.45) is 5.73 Å². The van der Waals surface area contributed by atoms with E-state index in [1.54, 1.807) is 0 Å². The maximum absolute atomic E-state index is 5.83. The third-order valence-electron chi connectivity index (χ3n) is 3.97. The van der Waals surface area contributed by atoms with Crippen LogP contribution in [-0.4, -0.2) is 62.2 Å². The summed E-state index contributed by atoms with van der Waals surface area (Å²) in [6, 6.07) is 8.89. The van der Waals surface area contributed by atoms with E-state index in [2.05, 4.69) is 35.9 Å². The number of benzene rings is 1. The Hall–Kier alpha value is -1.10. The number of nitrogens with zero attached hydrogens (tertiary/aromatic N) is 2. The van der Waals surface area contributed by atoms with Gasteiger partial charge in [-0.25, -0.2) is 0 Å². The zero-order chi connectivity index (χ0) is 14.4. The highest BCUT2D eigenvalue weighted by Crippen LogP contribution is 2.13. The number of likely N-dealkylation sites (N-methyl/N-ethyl adjacent to an activating group) is 1. The molecular weight excluding hydrogens is 250 g/mol. The summed E-state index contributed by atoms with van der Waals surface area (Å²) in [6.07, 6.45) is 0.930. The lowest BCUT2D eigenvalue weighted by Crippen LogP contribution is -2.51. The van der Waals surface area contributed by atoms with Crippen LogP contribution in [0.1, 0.15) is 12.5 Å². The summed E-state index contributed by atoms with van der Waals surface area (Å²) in [6.45, 7) is 8.17. The first kappa shape index (κ1) is 15.3. The molecule has 1 aromatic rings. The molecule has 0 bridgehead atoms. The molecule has 0 amide bonds. The topological polar surface area (TPSA) is 41.7 Å². The number of hydrogen-bond donors (Lipinski definition) is 1. The summed E-state index contributed by atoms with van der Waals surface area (Å²) in [5, 5.41) is 0. The minimum atomic E-state index is 0.615. The highest BCUT2D eigenvalue weighted by Gasteiger charge is 2.20. The van der Waals surface area contributed by atoms with Gasteiger partial charge in [0.1, 0.15) is 12.4 Å². The first-order valence-electron chi connectivity index (χ1n) is 7.53. The highest BCUT2D eigenvalue weighted by atomic mass is 16.5. The van der Waals surface area contributed by atoms with E-state index in [1.165, 1.54) is 5.56 Å². The van der Waals surface area contributed by atoms with Crippen LogP contribution in [-0.2, 0) is 6.42 Å². The zero-order valence-corrected chi connectivity index (χ0v) is 12.7. The number of piperazine rings is 1. The maximum Gasteiger partial charge on any atom is 0.119 e. The molecule has 1 unspecified atom stereocenters.